The summed E-state index contributed by atoms with van der Waals surface area (Å²) in [6, 6.07) is 13.1. The molecular weight excluding hydrogens is 536 g/mol. The van der Waals surface area contributed by atoms with Gasteiger partial charge in [-0.1, -0.05) is 12.7 Å². The molecule has 3 aromatic heterocycles. The first-order valence-corrected chi connectivity index (χ1v) is 15.8. The molecule has 1 aromatic carbocycles. The fourth-order valence-electron chi connectivity index (χ4n) is 7.15. The number of pyridine rings is 1. The van der Waals surface area contributed by atoms with Crippen molar-refractivity contribution < 1.29 is 4.42 Å². The monoisotopic (exact) mass is 574 g/mol. The molecule has 8 nitrogen and oxygen atoms in total. The Kier molecular flexibility index (Phi) is 6.66. The molecular formula is C35H38N6O2. The zero-order valence-corrected chi connectivity index (χ0v) is 24.6. The maximum absolute atomic E-state index is 14.0. The molecule has 0 spiro atoms. The molecule has 1 N–H and O–H groups in total. The van der Waals surface area contributed by atoms with Gasteiger partial charge in [0, 0.05) is 59.8 Å². The summed E-state index contributed by atoms with van der Waals surface area (Å²) in [7, 11) is 0. The number of hydrogen-bond donors (Lipinski definition) is 1. The number of hydrogen-bond acceptors (Lipinski definition) is 7. The van der Waals surface area contributed by atoms with Crippen LogP contribution in [0.25, 0.3) is 22.2 Å². The van der Waals surface area contributed by atoms with E-state index in [0.717, 1.165) is 79.7 Å². The Morgan fingerprint density at radius 2 is 1.95 bits per heavy atom. The highest BCUT2D eigenvalue weighted by Gasteiger charge is 2.31. The Bertz CT molecular complexity index is 1780. The quantitative estimate of drug-likeness (QED) is 0.259. The van der Waals surface area contributed by atoms with Crippen LogP contribution in [-0.4, -0.2) is 51.7 Å². The van der Waals surface area contributed by atoms with Crippen LogP contribution in [0.15, 0.2) is 70.7 Å². The van der Waals surface area contributed by atoms with E-state index in [2.05, 4.69) is 57.0 Å². The second-order valence-corrected chi connectivity index (χ2v) is 12.6. The van der Waals surface area contributed by atoms with E-state index >= 15 is 0 Å². The minimum Gasteiger partial charge on any atom is -0.464 e. The lowest BCUT2D eigenvalue weighted by Gasteiger charge is -2.38. The molecule has 0 radical (unpaired) electrons. The van der Waals surface area contributed by atoms with Crippen molar-refractivity contribution in [3.05, 3.63) is 88.8 Å². The summed E-state index contributed by atoms with van der Waals surface area (Å²) < 4.78 is 7.70. The van der Waals surface area contributed by atoms with E-state index in [1.165, 1.54) is 30.6 Å². The van der Waals surface area contributed by atoms with Crippen LogP contribution in [0, 0.1) is 5.92 Å². The molecule has 1 unspecified atom stereocenters. The number of nitrogens with one attached hydrogen (secondary N) is 1. The molecule has 1 saturated carbocycles. The van der Waals surface area contributed by atoms with Crippen LogP contribution in [0.3, 0.4) is 0 Å². The zero-order chi connectivity index (χ0) is 28.9. The van der Waals surface area contributed by atoms with Gasteiger partial charge in [-0.3, -0.25) is 14.3 Å². The summed E-state index contributed by atoms with van der Waals surface area (Å²) in [6.07, 6.45) is 13.8. The van der Waals surface area contributed by atoms with Gasteiger partial charge in [0.05, 0.1) is 12.8 Å². The van der Waals surface area contributed by atoms with Crippen LogP contribution in [-0.2, 0) is 6.54 Å². The highest BCUT2D eigenvalue weighted by molar-refractivity contribution is 5.81. The molecule has 2 aliphatic heterocycles. The third-order valence-corrected chi connectivity index (χ3v) is 9.73. The van der Waals surface area contributed by atoms with Crippen LogP contribution < -0.4 is 15.8 Å². The van der Waals surface area contributed by atoms with Gasteiger partial charge >= 0.3 is 0 Å². The second-order valence-electron chi connectivity index (χ2n) is 12.6. The standard InChI is InChI=1S/C35H38N6O2/c1-23(24-8-9-24)31-19-27-20-36-35(37-28-10-12-29(13-11-28)40-17-16-39-15-4-7-30(39)22-40)38-33(27)41(34(31)42)21-26-14-18-43-32(26)25-5-2-3-6-25/h5,10-14,18-20,24,30H,1-4,6-9,15-17,21-22H2,(H,36,37,38). The number of nitrogens with zero attached hydrogens (tertiary/aromatic N) is 5. The number of anilines is 3. The zero-order valence-electron chi connectivity index (χ0n) is 24.6. The third kappa shape index (κ3) is 5.07. The highest BCUT2D eigenvalue weighted by Crippen LogP contribution is 2.40. The normalized spacial score (nSPS) is 20.4. The van der Waals surface area contributed by atoms with Crippen LogP contribution >= 0.6 is 0 Å². The smallest absolute Gasteiger partial charge is 0.260 e. The number of furan rings is 1. The van der Waals surface area contributed by atoms with Gasteiger partial charge in [-0.2, -0.15) is 4.98 Å². The number of rotatable bonds is 8. The van der Waals surface area contributed by atoms with Crippen molar-refractivity contribution >= 4 is 39.5 Å². The summed E-state index contributed by atoms with van der Waals surface area (Å²) in [5.41, 5.74) is 6.51. The largest absolute Gasteiger partial charge is 0.464 e. The lowest BCUT2D eigenvalue weighted by molar-refractivity contribution is 0.231. The van der Waals surface area contributed by atoms with E-state index in [1.54, 1.807) is 10.8 Å². The minimum atomic E-state index is -0.0617. The van der Waals surface area contributed by atoms with E-state index < -0.39 is 0 Å². The van der Waals surface area contributed by atoms with E-state index in [-0.39, 0.29) is 5.56 Å². The molecule has 5 heterocycles. The van der Waals surface area contributed by atoms with Gasteiger partial charge in [0.2, 0.25) is 5.95 Å². The molecule has 8 rings (SSSR count). The van der Waals surface area contributed by atoms with Crippen molar-refractivity contribution in [3.63, 3.8) is 0 Å². The first kappa shape index (κ1) is 26.5. The molecule has 0 amide bonds. The molecule has 2 aliphatic carbocycles. The Balaban J connectivity index is 1.10. The predicted molar refractivity (Wildman–Crippen MR) is 172 cm³/mol. The second kappa shape index (κ2) is 10.8. The lowest BCUT2D eigenvalue weighted by atomic mass is 10.0. The maximum Gasteiger partial charge on any atom is 0.260 e. The van der Waals surface area contributed by atoms with Crippen molar-refractivity contribution in [2.75, 3.05) is 36.4 Å². The SMILES string of the molecule is C=C(c1cc2cnc(Nc3ccc(N4CCN5CCCC5C4)cc3)nc2n(Cc2ccoc2C2=CCCC2)c1=O)C1CC1. The summed E-state index contributed by atoms with van der Waals surface area (Å²) in [4.78, 5) is 28.7. The number of fused-ring (bicyclic) bond motifs is 2. The number of allylic oxidation sites excluding steroid dienone is 3. The van der Waals surface area contributed by atoms with Crippen molar-refractivity contribution in [3.8, 4) is 0 Å². The average Bonchev–Trinajstić information content (AvgIpc) is 3.37. The van der Waals surface area contributed by atoms with Crippen LogP contribution in [0.4, 0.5) is 17.3 Å². The van der Waals surface area contributed by atoms with Gasteiger partial charge in [0.25, 0.3) is 5.56 Å². The van der Waals surface area contributed by atoms with Gasteiger partial charge in [-0.15, -0.1) is 0 Å². The van der Waals surface area contributed by atoms with Gasteiger partial charge in [0.15, 0.2) is 0 Å². The number of piperazine rings is 1. The third-order valence-electron chi connectivity index (χ3n) is 9.73. The summed E-state index contributed by atoms with van der Waals surface area (Å²) in [6.45, 7) is 9.24. The predicted octanol–water partition coefficient (Wildman–Crippen LogP) is 6.45. The highest BCUT2D eigenvalue weighted by atomic mass is 16.3. The fraction of sp³-hybridized carbons (Fsp3) is 0.400. The molecule has 43 heavy (non-hydrogen) atoms. The molecule has 3 fully saturated rings. The molecule has 8 heteroatoms. The van der Waals surface area contributed by atoms with Crippen molar-refractivity contribution in [2.24, 2.45) is 5.92 Å². The van der Waals surface area contributed by atoms with Gasteiger partial charge in [0.1, 0.15) is 11.4 Å². The Labute approximate surface area is 251 Å². The summed E-state index contributed by atoms with van der Waals surface area (Å²) in [5.74, 6) is 1.73. The Morgan fingerprint density at radius 1 is 1.07 bits per heavy atom. The molecule has 0 bridgehead atoms. The molecule has 4 aliphatic rings. The van der Waals surface area contributed by atoms with E-state index in [1.807, 2.05) is 18.3 Å². The first-order chi connectivity index (χ1) is 21.1. The number of aromatic nitrogens is 3. The van der Waals surface area contributed by atoms with Gasteiger partial charge in [-0.05, 0) is 105 Å². The van der Waals surface area contributed by atoms with Gasteiger partial charge < -0.3 is 14.6 Å². The molecule has 4 aromatic rings. The Morgan fingerprint density at radius 3 is 2.77 bits per heavy atom. The van der Waals surface area contributed by atoms with Crippen molar-refractivity contribution in [2.45, 2.75) is 57.5 Å². The van der Waals surface area contributed by atoms with Crippen molar-refractivity contribution in [1.82, 2.24) is 19.4 Å². The van der Waals surface area contributed by atoms with Crippen LogP contribution in [0.5, 0.6) is 0 Å². The number of benzene rings is 1. The van der Waals surface area contributed by atoms with Gasteiger partial charge in [-0.25, -0.2) is 4.98 Å². The van der Waals surface area contributed by atoms with Crippen molar-refractivity contribution in [1.29, 1.82) is 0 Å². The molecule has 1 atom stereocenters. The van der Waals surface area contributed by atoms with Crippen LogP contribution in [0.1, 0.15) is 61.8 Å². The Hall–Kier alpha value is -4.17. The summed E-state index contributed by atoms with van der Waals surface area (Å²) >= 11 is 0. The lowest BCUT2D eigenvalue weighted by Crippen LogP contribution is -2.50. The summed E-state index contributed by atoms with van der Waals surface area (Å²) in [5, 5.41) is 4.21. The molecule has 2 saturated heterocycles. The van der Waals surface area contributed by atoms with E-state index in [9.17, 15) is 4.79 Å². The fourth-order valence-corrected chi connectivity index (χ4v) is 7.15. The van der Waals surface area contributed by atoms with E-state index in [0.29, 0.717) is 35.7 Å². The maximum atomic E-state index is 14.0. The molecule has 220 valence electrons. The topological polar surface area (TPSA) is 79.4 Å². The van der Waals surface area contributed by atoms with E-state index in [4.69, 9.17) is 9.40 Å². The minimum absolute atomic E-state index is 0.0617. The van der Waals surface area contributed by atoms with Crippen LogP contribution in [0.2, 0.25) is 0 Å². The average molecular weight is 575 g/mol. The first-order valence-electron chi connectivity index (χ1n) is 15.8.